The number of anilines is 1. The van der Waals surface area contributed by atoms with Crippen LogP contribution in [0.1, 0.15) is 6.42 Å². The number of phenols is 1. The van der Waals surface area contributed by atoms with E-state index in [0.29, 0.717) is 31.2 Å². The number of phenolic OH excluding ortho intramolecular Hbond substituents is 1. The number of rotatable bonds is 3. The fraction of sp³-hybridized carbons (Fsp3) is 0.538. The van der Waals surface area contributed by atoms with E-state index in [1.165, 1.54) is 16.4 Å². The van der Waals surface area contributed by atoms with E-state index < -0.39 is 10.2 Å². The van der Waals surface area contributed by atoms with Crippen LogP contribution in [-0.2, 0) is 10.2 Å². The predicted molar refractivity (Wildman–Crippen MR) is 76.9 cm³/mol. The summed E-state index contributed by atoms with van der Waals surface area (Å²) in [5.41, 5.74) is 0.606. The van der Waals surface area contributed by atoms with Gasteiger partial charge in [0.25, 0.3) is 0 Å². The second kappa shape index (κ2) is 5.23. The molecule has 1 unspecified atom stereocenters. The lowest BCUT2D eigenvalue weighted by atomic mass is 10.1. The van der Waals surface area contributed by atoms with Gasteiger partial charge in [-0.15, -0.1) is 0 Å². The van der Waals surface area contributed by atoms with Gasteiger partial charge in [-0.1, -0.05) is 0 Å². The molecule has 20 heavy (non-hydrogen) atoms. The Labute approximate surface area is 119 Å². The minimum atomic E-state index is -3.42. The summed E-state index contributed by atoms with van der Waals surface area (Å²) in [5, 5.41) is 12.5. The van der Waals surface area contributed by atoms with Gasteiger partial charge in [0.15, 0.2) is 0 Å². The first-order chi connectivity index (χ1) is 9.57. The topological polar surface area (TPSA) is 72.9 Å². The van der Waals surface area contributed by atoms with Crippen molar-refractivity contribution in [3.05, 3.63) is 24.3 Å². The minimum Gasteiger partial charge on any atom is -0.508 e. The zero-order chi connectivity index (χ0) is 14.2. The minimum absolute atomic E-state index is 0.138. The lowest BCUT2D eigenvalue weighted by molar-refractivity contribution is 0.381. The van der Waals surface area contributed by atoms with Crippen LogP contribution in [0.4, 0.5) is 5.69 Å². The predicted octanol–water partition coefficient (Wildman–Crippen LogP) is 0.369. The second-order valence-corrected chi connectivity index (χ2v) is 7.17. The SMILES string of the molecule is O=S1(=O)N(CC2CCNC2)CCN1c1ccc(O)cc1. The van der Waals surface area contributed by atoms with E-state index in [0.717, 1.165) is 19.5 Å². The average molecular weight is 297 g/mol. The summed E-state index contributed by atoms with van der Waals surface area (Å²) >= 11 is 0. The van der Waals surface area contributed by atoms with E-state index in [4.69, 9.17) is 0 Å². The Morgan fingerprint density at radius 2 is 2.00 bits per heavy atom. The summed E-state index contributed by atoms with van der Waals surface area (Å²) in [6, 6.07) is 6.28. The van der Waals surface area contributed by atoms with Crippen LogP contribution in [0.15, 0.2) is 24.3 Å². The molecule has 0 aliphatic carbocycles. The molecule has 2 aliphatic heterocycles. The van der Waals surface area contributed by atoms with E-state index in [-0.39, 0.29) is 5.75 Å². The van der Waals surface area contributed by atoms with Crippen molar-refractivity contribution >= 4 is 15.9 Å². The van der Waals surface area contributed by atoms with Gasteiger partial charge < -0.3 is 10.4 Å². The monoisotopic (exact) mass is 297 g/mol. The Balaban J connectivity index is 1.76. The van der Waals surface area contributed by atoms with Crippen molar-refractivity contribution in [1.82, 2.24) is 9.62 Å². The van der Waals surface area contributed by atoms with E-state index in [9.17, 15) is 13.5 Å². The smallest absolute Gasteiger partial charge is 0.304 e. The Morgan fingerprint density at radius 3 is 2.65 bits per heavy atom. The molecule has 6 nitrogen and oxygen atoms in total. The van der Waals surface area contributed by atoms with Crippen LogP contribution in [0.25, 0.3) is 0 Å². The summed E-state index contributed by atoms with van der Waals surface area (Å²) in [7, 11) is -3.42. The first-order valence-electron chi connectivity index (χ1n) is 6.85. The molecule has 110 valence electrons. The van der Waals surface area contributed by atoms with Gasteiger partial charge in [0.05, 0.1) is 5.69 Å². The molecule has 2 aliphatic rings. The Morgan fingerprint density at radius 1 is 1.25 bits per heavy atom. The molecule has 0 amide bonds. The van der Waals surface area contributed by atoms with Crippen LogP contribution in [0.2, 0.25) is 0 Å². The average Bonchev–Trinajstić information content (AvgIpc) is 3.01. The largest absolute Gasteiger partial charge is 0.508 e. The molecule has 0 spiro atoms. The molecular weight excluding hydrogens is 278 g/mol. The number of nitrogens with zero attached hydrogens (tertiary/aromatic N) is 2. The summed E-state index contributed by atoms with van der Waals surface area (Å²) in [5.74, 6) is 0.545. The zero-order valence-corrected chi connectivity index (χ0v) is 12.0. The van der Waals surface area contributed by atoms with Crippen LogP contribution in [0, 0.1) is 5.92 Å². The molecule has 0 radical (unpaired) electrons. The maximum atomic E-state index is 12.5. The highest BCUT2D eigenvalue weighted by Crippen LogP contribution is 2.27. The van der Waals surface area contributed by atoms with Crippen LogP contribution < -0.4 is 9.62 Å². The maximum absolute atomic E-state index is 12.5. The number of aromatic hydroxyl groups is 1. The summed E-state index contributed by atoms with van der Waals surface area (Å²) in [6.45, 7) is 3.45. The van der Waals surface area contributed by atoms with Gasteiger partial charge in [-0.3, -0.25) is 4.31 Å². The van der Waals surface area contributed by atoms with Gasteiger partial charge in [0, 0.05) is 19.6 Å². The molecule has 0 saturated carbocycles. The molecule has 2 saturated heterocycles. The molecule has 1 atom stereocenters. The van der Waals surface area contributed by atoms with E-state index in [1.807, 2.05) is 0 Å². The van der Waals surface area contributed by atoms with Crippen LogP contribution >= 0.6 is 0 Å². The Hall–Kier alpha value is -1.31. The molecule has 0 bridgehead atoms. The number of nitrogens with one attached hydrogen (secondary N) is 1. The van der Waals surface area contributed by atoms with Crippen LogP contribution in [0.3, 0.4) is 0 Å². The molecule has 1 aromatic carbocycles. The van der Waals surface area contributed by atoms with Gasteiger partial charge in [0.1, 0.15) is 5.75 Å². The van der Waals surface area contributed by atoms with Crippen molar-refractivity contribution < 1.29 is 13.5 Å². The highest BCUT2D eigenvalue weighted by molar-refractivity contribution is 7.90. The second-order valence-electron chi connectivity index (χ2n) is 5.31. The summed E-state index contributed by atoms with van der Waals surface area (Å²) in [6.07, 6.45) is 1.03. The van der Waals surface area contributed by atoms with Gasteiger partial charge in [-0.2, -0.15) is 12.7 Å². The quantitative estimate of drug-likeness (QED) is 0.845. The molecule has 2 fully saturated rings. The van der Waals surface area contributed by atoms with Crippen LogP contribution in [-0.4, -0.2) is 50.6 Å². The summed E-state index contributed by atoms with van der Waals surface area (Å²) < 4.78 is 28.0. The lowest BCUT2D eigenvalue weighted by Gasteiger charge is -2.22. The Bertz CT molecular complexity index is 567. The molecule has 3 rings (SSSR count). The number of hydrogen-bond donors (Lipinski definition) is 2. The highest BCUT2D eigenvalue weighted by atomic mass is 32.2. The third-order valence-corrected chi connectivity index (χ3v) is 5.85. The molecule has 2 N–H and O–H groups in total. The van der Waals surface area contributed by atoms with Gasteiger partial charge in [0.2, 0.25) is 0 Å². The van der Waals surface area contributed by atoms with E-state index in [2.05, 4.69) is 5.32 Å². The van der Waals surface area contributed by atoms with Gasteiger partial charge in [-0.05, 0) is 49.7 Å². The van der Waals surface area contributed by atoms with Crippen LogP contribution in [0.5, 0.6) is 5.75 Å². The van der Waals surface area contributed by atoms with Crippen molar-refractivity contribution in [2.45, 2.75) is 6.42 Å². The van der Waals surface area contributed by atoms with Crippen molar-refractivity contribution in [3.63, 3.8) is 0 Å². The van der Waals surface area contributed by atoms with E-state index >= 15 is 0 Å². The van der Waals surface area contributed by atoms with Crippen molar-refractivity contribution in [2.24, 2.45) is 5.92 Å². The number of benzene rings is 1. The fourth-order valence-electron chi connectivity index (χ4n) is 2.80. The molecule has 0 aromatic heterocycles. The van der Waals surface area contributed by atoms with Gasteiger partial charge >= 0.3 is 10.2 Å². The van der Waals surface area contributed by atoms with E-state index in [1.54, 1.807) is 16.4 Å². The van der Waals surface area contributed by atoms with Crippen molar-refractivity contribution in [2.75, 3.05) is 37.0 Å². The fourth-order valence-corrected chi connectivity index (χ4v) is 4.49. The maximum Gasteiger partial charge on any atom is 0.304 e. The molecule has 7 heteroatoms. The standard InChI is InChI=1S/C13H19N3O3S/c17-13-3-1-12(2-4-13)16-8-7-15(20(16,18)19)10-11-5-6-14-9-11/h1-4,11,14,17H,5-10H2. The normalized spacial score (nSPS) is 26.2. The Kier molecular flexibility index (Phi) is 3.57. The van der Waals surface area contributed by atoms with Crippen molar-refractivity contribution in [3.8, 4) is 5.75 Å². The molecule has 1 aromatic rings. The highest BCUT2D eigenvalue weighted by Gasteiger charge is 2.38. The van der Waals surface area contributed by atoms with Crippen molar-refractivity contribution in [1.29, 1.82) is 0 Å². The third-order valence-electron chi connectivity index (χ3n) is 3.92. The summed E-state index contributed by atoms with van der Waals surface area (Å²) in [4.78, 5) is 0. The third kappa shape index (κ3) is 2.48. The zero-order valence-electron chi connectivity index (χ0n) is 11.2. The van der Waals surface area contributed by atoms with Gasteiger partial charge in [-0.25, -0.2) is 0 Å². The molecule has 2 heterocycles. The lowest BCUT2D eigenvalue weighted by Crippen LogP contribution is -2.36. The first-order valence-corrected chi connectivity index (χ1v) is 8.24. The molecular formula is C13H19N3O3S. The first kappa shape index (κ1) is 13.7. The number of hydrogen-bond acceptors (Lipinski definition) is 4.